The van der Waals surface area contributed by atoms with Crippen molar-refractivity contribution in [2.75, 3.05) is 7.05 Å². The number of nitrogens with one attached hydrogen (secondary N) is 1. The molecule has 0 aliphatic rings. The van der Waals surface area contributed by atoms with Gasteiger partial charge in [-0.3, -0.25) is 0 Å². The normalized spacial score (nSPS) is 12.4. The topological polar surface area (TPSA) is 12.0 Å². The van der Waals surface area contributed by atoms with Crippen molar-refractivity contribution in [2.24, 2.45) is 0 Å². The van der Waals surface area contributed by atoms with E-state index in [4.69, 9.17) is 0 Å². The van der Waals surface area contributed by atoms with Gasteiger partial charge in [0, 0.05) is 10.5 Å². The number of hydrogen-bond acceptors (Lipinski definition) is 1. The molecule has 0 bridgehead atoms. The van der Waals surface area contributed by atoms with E-state index in [0.717, 1.165) is 17.3 Å². The summed E-state index contributed by atoms with van der Waals surface area (Å²) in [6, 6.07) is 17.7. The first-order valence-corrected chi connectivity index (χ1v) is 7.53. The fraction of sp³-hybridized carbons (Fsp3) is 0.294. The van der Waals surface area contributed by atoms with Crippen LogP contribution in [0.4, 0.5) is 0 Å². The van der Waals surface area contributed by atoms with Gasteiger partial charge in [-0.1, -0.05) is 59.3 Å². The van der Waals surface area contributed by atoms with Gasteiger partial charge in [0.2, 0.25) is 0 Å². The molecule has 1 N–H and O–H groups in total. The summed E-state index contributed by atoms with van der Waals surface area (Å²) in [6.07, 6.45) is 2.09. The smallest absolute Gasteiger partial charge is 0.0361 e. The third kappa shape index (κ3) is 3.68. The van der Waals surface area contributed by atoms with Crippen LogP contribution in [0.1, 0.15) is 29.7 Å². The summed E-state index contributed by atoms with van der Waals surface area (Å²) in [4.78, 5) is 0. The molecule has 1 nitrogen and oxygen atoms in total. The van der Waals surface area contributed by atoms with E-state index in [-0.39, 0.29) is 0 Å². The van der Waals surface area contributed by atoms with Crippen LogP contribution < -0.4 is 5.32 Å². The Morgan fingerprint density at radius 3 is 2.37 bits per heavy atom. The van der Waals surface area contributed by atoms with E-state index < -0.39 is 0 Å². The van der Waals surface area contributed by atoms with Crippen LogP contribution in [-0.2, 0) is 12.8 Å². The van der Waals surface area contributed by atoms with Gasteiger partial charge in [0.25, 0.3) is 0 Å². The predicted octanol–water partition coefficient (Wildman–Crippen LogP) is 4.51. The molecule has 1 atom stereocenters. The second kappa shape index (κ2) is 6.88. The first-order chi connectivity index (χ1) is 9.24. The van der Waals surface area contributed by atoms with Gasteiger partial charge in [-0.25, -0.2) is 0 Å². The molecule has 2 heteroatoms. The standard InChI is InChI=1S/C17H20BrN/c1-3-14-6-4-5-7-16(14)17(19-2)12-13-8-10-15(18)11-9-13/h4-11,17,19H,3,12H2,1-2H3. The quantitative estimate of drug-likeness (QED) is 0.855. The summed E-state index contributed by atoms with van der Waals surface area (Å²) in [7, 11) is 2.04. The Balaban J connectivity index is 2.22. The summed E-state index contributed by atoms with van der Waals surface area (Å²) < 4.78 is 1.13. The molecule has 0 fully saturated rings. The lowest BCUT2D eigenvalue weighted by atomic mass is 9.94. The van der Waals surface area contributed by atoms with Crippen LogP contribution in [0.3, 0.4) is 0 Å². The third-order valence-electron chi connectivity index (χ3n) is 3.51. The van der Waals surface area contributed by atoms with E-state index in [0.29, 0.717) is 6.04 Å². The Bertz CT molecular complexity index is 519. The van der Waals surface area contributed by atoms with Gasteiger partial charge >= 0.3 is 0 Å². The fourth-order valence-electron chi connectivity index (χ4n) is 2.42. The van der Waals surface area contributed by atoms with Gasteiger partial charge in [0.05, 0.1) is 0 Å². The van der Waals surface area contributed by atoms with Crippen LogP contribution in [0.2, 0.25) is 0 Å². The highest BCUT2D eigenvalue weighted by molar-refractivity contribution is 9.10. The molecule has 2 aromatic rings. The molecule has 0 spiro atoms. The van der Waals surface area contributed by atoms with E-state index in [1.165, 1.54) is 16.7 Å². The summed E-state index contributed by atoms with van der Waals surface area (Å²) in [5, 5.41) is 3.44. The Hall–Kier alpha value is -1.12. The maximum absolute atomic E-state index is 3.48. The van der Waals surface area contributed by atoms with Crippen LogP contribution in [-0.4, -0.2) is 7.05 Å². The highest BCUT2D eigenvalue weighted by Crippen LogP contribution is 2.23. The van der Waals surface area contributed by atoms with Crippen molar-refractivity contribution < 1.29 is 0 Å². The third-order valence-corrected chi connectivity index (χ3v) is 4.04. The summed E-state index contributed by atoms with van der Waals surface area (Å²) >= 11 is 3.48. The minimum atomic E-state index is 0.373. The van der Waals surface area contributed by atoms with Gasteiger partial charge in [0.1, 0.15) is 0 Å². The molecule has 0 amide bonds. The first kappa shape index (κ1) is 14.3. The van der Waals surface area contributed by atoms with E-state index in [2.05, 4.69) is 76.7 Å². The highest BCUT2D eigenvalue weighted by atomic mass is 79.9. The lowest BCUT2D eigenvalue weighted by Gasteiger charge is -2.20. The van der Waals surface area contributed by atoms with Crippen LogP contribution >= 0.6 is 15.9 Å². The lowest BCUT2D eigenvalue weighted by molar-refractivity contribution is 0.587. The number of likely N-dealkylation sites (N-methyl/N-ethyl adjacent to an activating group) is 1. The molecule has 0 saturated heterocycles. The minimum absolute atomic E-state index is 0.373. The molecule has 2 aromatic carbocycles. The van der Waals surface area contributed by atoms with Crippen LogP contribution in [0.15, 0.2) is 53.0 Å². The van der Waals surface area contributed by atoms with E-state index >= 15 is 0 Å². The zero-order valence-corrected chi connectivity index (χ0v) is 13.1. The number of halogens is 1. The molecular weight excluding hydrogens is 298 g/mol. The van der Waals surface area contributed by atoms with Gasteiger partial charge in [-0.2, -0.15) is 0 Å². The molecular formula is C17H20BrN. The Morgan fingerprint density at radius 2 is 1.74 bits per heavy atom. The maximum atomic E-state index is 3.48. The van der Waals surface area contributed by atoms with Crippen molar-refractivity contribution in [3.63, 3.8) is 0 Å². The van der Waals surface area contributed by atoms with E-state index in [1.807, 2.05) is 7.05 Å². The van der Waals surface area contributed by atoms with Crippen molar-refractivity contribution in [1.29, 1.82) is 0 Å². The molecule has 0 aromatic heterocycles. The van der Waals surface area contributed by atoms with Crippen LogP contribution in [0.25, 0.3) is 0 Å². The van der Waals surface area contributed by atoms with E-state index in [1.54, 1.807) is 0 Å². The van der Waals surface area contributed by atoms with E-state index in [9.17, 15) is 0 Å². The second-order valence-electron chi connectivity index (χ2n) is 4.72. The summed E-state index contributed by atoms with van der Waals surface area (Å²) in [5.74, 6) is 0. The van der Waals surface area contributed by atoms with Crippen LogP contribution in [0.5, 0.6) is 0 Å². The summed E-state index contributed by atoms with van der Waals surface area (Å²) in [6.45, 7) is 2.21. The monoisotopic (exact) mass is 317 g/mol. The molecule has 100 valence electrons. The molecule has 2 rings (SSSR count). The zero-order valence-electron chi connectivity index (χ0n) is 11.5. The van der Waals surface area contributed by atoms with Crippen molar-refractivity contribution in [2.45, 2.75) is 25.8 Å². The first-order valence-electron chi connectivity index (χ1n) is 6.74. The molecule has 19 heavy (non-hydrogen) atoms. The van der Waals surface area contributed by atoms with Crippen LogP contribution in [0, 0.1) is 0 Å². The average molecular weight is 318 g/mol. The fourth-order valence-corrected chi connectivity index (χ4v) is 2.68. The van der Waals surface area contributed by atoms with Crippen molar-refractivity contribution >= 4 is 15.9 Å². The van der Waals surface area contributed by atoms with Gasteiger partial charge in [-0.15, -0.1) is 0 Å². The molecule has 0 radical (unpaired) electrons. The summed E-state index contributed by atoms with van der Waals surface area (Å²) in [5.41, 5.74) is 4.20. The van der Waals surface area contributed by atoms with Crippen molar-refractivity contribution in [1.82, 2.24) is 5.32 Å². The molecule has 0 aliphatic heterocycles. The maximum Gasteiger partial charge on any atom is 0.0361 e. The Morgan fingerprint density at radius 1 is 1.05 bits per heavy atom. The van der Waals surface area contributed by atoms with Gasteiger partial charge in [-0.05, 0) is 48.7 Å². The average Bonchev–Trinajstić information content (AvgIpc) is 2.46. The molecule has 0 heterocycles. The predicted molar refractivity (Wildman–Crippen MR) is 85.5 cm³/mol. The van der Waals surface area contributed by atoms with Crippen molar-refractivity contribution in [3.8, 4) is 0 Å². The number of hydrogen-bond donors (Lipinski definition) is 1. The SMILES string of the molecule is CCc1ccccc1C(Cc1ccc(Br)cc1)NC. The highest BCUT2D eigenvalue weighted by Gasteiger charge is 2.12. The Labute approximate surface area is 124 Å². The zero-order chi connectivity index (χ0) is 13.7. The van der Waals surface area contributed by atoms with Gasteiger partial charge in [0.15, 0.2) is 0 Å². The minimum Gasteiger partial charge on any atom is -0.313 e. The number of benzene rings is 2. The second-order valence-corrected chi connectivity index (χ2v) is 5.64. The molecule has 0 saturated carbocycles. The lowest BCUT2D eigenvalue weighted by Crippen LogP contribution is -2.20. The number of rotatable bonds is 5. The van der Waals surface area contributed by atoms with Gasteiger partial charge < -0.3 is 5.32 Å². The van der Waals surface area contributed by atoms with Crippen molar-refractivity contribution in [3.05, 3.63) is 69.7 Å². The Kier molecular flexibility index (Phi) is 5.17. The molecule has 0 aliphatic carbocycles. The largest absolute Gasteiger partial charge is 0.313 e. The number of aryl methyl sites for hydroxylation is 1. The molecule has 1 unspecified atom stereocenters.